The first-order chi connectivity index (χ1) is 17.9. The number of aromatic nitrogens is 1. The van der Waals surface area contributed by atoms with Gasteiger partial charge in [-0.3, -0.25) is 9.78 Å². The third-order valence-electron chi connectivity index (χ3n) is 6.24. The molecule has 6 nitrogen and oxygen atoms in total. The quantitative estimate of drug-likeness (QED) is 0.242. The molecule has 1 aliphatic rings. The van der Waals surface area contributed by atoms with Crippen molar-refractivity contribution in [2.45, 2.75) is 25.4 Å². The first-order valence-electron chi connectivity index (χ1n) is 11.8. The van der Waals surface area contributed by atoms with Gasteiger partial charge in [0.05, 0.1) is 21.8 Å². The predicted molar refractivity (Wildman–Crippen MR) is 151 cm³/mol. The number of pyridine rings is 1. The first-order valence-corrected chi connectivity index (χ1v) is 13.0. The summed E-state index contributed by atoms with van der Waals surface area (Å²) in [6, 6.07) is 22.1. The molecule has 2 N–H and O–H groups in total. The fourth-order valence-corrected chi connectivity index (χ4v) is 4.98. The topological polar surface area (TPSA) is 70.4 Å². The highest BCUT2D eigenvalue weighted by Gasteiger charge is 2.41. The van der Waals surface area contributed by atoms with Gasteiger partial charge in [-0.15, -0.1) is 0 Å². The van der Waals surface area contributed by atoms with E-state index in [0.29, 0.717) is 33.2 Å². The van der Waals surface area contributed by atoms with E-state index in [4.69, 9.17) is 39.8 Å². The number of aryl methyl sites for hydroxylation is 1. The van der Waals surface area contributed by atoms with Crippen LogP contribution in [0.1, 0.15) is 35.5 Å². The molecule has 2 aromatic carbocycles. The van der Waals surface area contributed by atoms with Gasteiger partial charge in [0, 0.05) is 30.4 Å². The number of carbonyl (C=O) groups excluding carboxylic acids is 1. The van der Waals surface area contributed by atoms with E-state index in [-0.39, 0.29) is 24.4 Å². The van der Waals surface area contributed by atoms with E-state index >= 15 is 0 Å². The lowest BCUT2D eigenvalue weighted by molar-refractivity contribution is -0.116. The molecule has 0 saturated carbocycles. The van der Waals surface area contributed by atoms with E-state index in [1.165, 1.54) is 0 Å². The lowest BCUT2D eigenvalue weighted by Gasteiger charge is -2.25. The molecule has 1 aliphatic heterocycles. The molecule has 37 heavy (non-hydrogen) atoms. The van der Waals surface area contributed by atoms with Crippen LogP contribution < -0.4 is 10.6 Å². The minimum absolute atomic E-state index is 0.0948. The van der Waals surface area contributed by atoms with Crippen LogP contribution in [-0.4, -0.2) is 27.4 Å². The van der Waals surface area contributed by atoms with Crippen molar-refractivity contribution in [3.63, 3.8) is 0 Å². The van der Waals surface area contributed by atoms with Crippen molar-refractivity contribution >= 4 is 52.1 Å². The Kier molecular flexibility index (Phi) is 7.46. The number of rotatable bonds is 7. The number of halogens is 2. The van der Waals surface area contributed by atoms with Gasteiger partial charge in [0.15, 0.2) is 5.11 Å². The Hall–Kier alpha value is -3.39. The van der Waals surface area contributed by atoms with Crippen LogP contribution in [0.2, 0.25) is 10.0 Å². The Morgan fingerprint density at radius 2 is 1.89 bits per heavy atom. The number of anilines is 1. The third kappa shape index (κ3) is 5.64. The minimum atomic E-state index is -0.300. The average Bonchev–Trinajstić information content (AvgIpc) is 3.51. The summed E-state index contributed by atoms with van der Waals surface area (Å²) < 4.78 is 6.32. The maximum Gasteiger partial charge on any atom is 0.226 e. The van der Waals surface area contributed by atoms with Gasteiger partial charge in [-0.1, -0.05) is 47.0 Å². The predicted octanol–water partition coefficient (Wildman–Crippen LogP) is 6.96. The second-order valence-corrected chi connectivity index (χ2v) is 10.0. The Labute approximate surface area is 230 Å². The van der Waals surface area contributed by atoms with Gasteiger partial charge in [0.2, 0.25) is 5.91 Å². The van der Waals surface area contributed by atoms with E-state index in [2.05, 4.69) is 15.6 Å². The van der Waals surface area contributed by atoms with E-state index in [0.717, 1.165) is 22.5 Å². The summed E-state index contributed by atoms with van der Waals surface area (Å²) in [6.45, 7) is 2.41. The molecule has 1 saturated heterocycles. The van der Waals surface area contributed by atoms with E-state index < -0.39 is 0 Å². The monoisotopic (exact) mass is 550 g/mol. The van der Waals surface area contributed by atoms with Crippen LogP contribution in [0.5, 0.6) is 0 Å². The number of benzene rings is 2. The van der Waals surface area contributed by atoms with Crippen LogP contribution in [0.4, 0.5) is 5.69 Å². The highest BCUT2D eigenvalue weighted by atomic mass is 35.5. The van der Waals surface area contributed by atoms with Gasteiger partial charge in [0.25, 0.3) is 0 Å². The van der Waals surface area contributed by atoms with Gasteiger partial charge in [-0.2, -0.15) is 0 Å². The number of hydrogen-bond acceptors (Lipinski definition) is 4. The molecule has 0 bridgehead atoms. The number of amides is 1. The van der Waals surface area contributed by atoms with Gasteiger partial charge < -0.3 is 20.0 Å². The number of carbonyl (C=O) groups is 1. The summed E-state index contributed by atoms with van der Waals surface area (Å²) in [5.41, 5.74) is 3.54. The number of thiocarbonyl (C=S) groups is 1. The number of nitrogens with one attached hydrogen (secondary N) is 2. The van der Waals surface area contributed by atoms with Crippen molar-refractivity contribution in [2.24, 2.45) is 0 Å². The van der Waals surface area contributed by atoms with Crippen LogP contribution in [0, 0.1) is 6.92 Å². The van der Waals surface area contributed by atoms with Crippen LogP contribution in [0.15, 0.2) is 83.4 Å². The molecule has 4 aromatic rings. The Morgan fingerprint density at radius 1 is 1.08 bits per heavy atom. The van der Waals surface area contributed by atoms with Gasteiger partial charge >= 0.3 is 0 Å². The second-order valence-electron chi connectivity index (χ2n) is 8.82. The minimum Gasteiger partial charge on any atom is -0.459 e. The largest absolute Gasteiger partial charge is 0.459 e. The van der Waals surface area contributed by atoms with Crippen molar-refractivity contribution in [3.8, 4) is 11.3 Å². The lowest BCUT2D eigenvalue weighted by Crippen LogP contribution is -2.32. The number of furan rings is 1. The van der Waals surface area contributed by atoms with Crippen LogP contribution in [-0.2, 0) is 4.79 Å². The van der Waals surface area contributed by atoms with Crippen molar-refractivity contribution in [1.29, 1.82) is 0 Å². The molecule has 0 radical (unpaired) electrons. The second kappa shape index (κ2) is 10.9. The van der Waals surface area contributed by atoms with Crippen molar-refractivity contribution in [1.82, 2.24) is 15.2 Å². The molecule has 9 heteroatoms. The summed E-state index contributed by atoms with van der Waals surface area (Å²) in [5.74, 6) is 1.26. The maximum atomic E-state index is 12.7. The van der Waals surface area contributed by atoms with Crippen LogP contribution >= 0.6 is 35.4 Å². The number of nitrogens with zero attached hydrogens (tertiary/aromatic N) is 2. The Morgan fingerprint density at radius 3 is 2.62 bits per heavy atom. The highest BCUT2D eigenvalue weighted by molar-refractivity contribution is 7.80. The SMILES string of the molecule is Cc1ccc(NC(=O)CCN2C(=S)N[C@@H](c3ccccn3)[C@H]2c2ccc(-c3ccc(Cl)c(Cl)c3)o2)cc1. The summed E-state index contributed by atoms with van der Waals surface area (Å²) in [6.07, 6.45) is 2.00. The fourth-order valence-electron chi connectivity index (χ4n) is 4.35. The summed E-state index contributed by atoms with van der Waals surface area (Å²) in [7, 11) is 0. The molecule has 5 rings (SSSR count). The zero-order chi connectivity index (χ0) is 25.9. The molecular weight excluding hydrogens is 527 g/mol. The molecule has 1 amide bonds. The smallest absolute Gasteiger partial charge is 0.226 e. The summed E-state index contributed by atoms with van der Waals surface area (Å²) in [4.78, 5) is 19.3. The molecule has 3 heterocycles. The van der Waals surface area contributed by atoms with Crippen molar-refractivity contribution in [3.05, 3.63) is 106 Å². The lowest BCUT2D eigenvalue weighted by atomic mass is 10.0. The van der Waals surface area contributed by atoms with Gasteiger partial charge in [-0.05, 0) is 73.7 Å². The molecule has 2 aromatic heterocycles. The molecule has 188 valence electrons. The molecule has 0 aliphatic carbocycles. The zero-order valence-electron chi connectivity index (χ0n) is 19.9. The van der Waals surface area contributed by atoms with Crippen LogP contribution in [0.3, 0.4) is 0 Å². The molecule has 1 fully saturated rings. The van der Waals surface area contributed by atoms with Crippen molar-refractivity contribution in [2.75, 3.05) is 11.9 Å². The highest BCUT2D eigenvalue weighted by Crippen LogP contribution is 2.41. The van der Waals surface area contributed by atoms with Crippen LogP contribution in [0.25, 0.3) is 11.3 Å². The summed E-state index contributed by atoms with van der Waals surface area (Å²) >= 11 is 18.0. The average molecular weight is 551 g/mol. The first kappa shape index (κ1) is 25.3. The van der Waals surface area contributed by atoms with E-state index in [9.17, 15) is 4.79 Å². The van der Waals surface area contributed by atoms with E-state index in [1.54, 1.807) is 18.3 Å². The van der Waals surface area contributed by atoms with Gasteiger partial charge in [-0.25, -0.2) is 0 Å². The normalized spacial score (nSPS) is 17.1. The Bertz CT molecular complexity index is 1430. The summed E-state index contributed by atoms with van der Waals surface area (Å²) in [5, 5.41) is 7.80. The van der Waals surface area contributed by atoms with E-state index in [1.807, 2.05) is 72.5 Å². The molecule has 0 unspecified atom stereocenters. The molecule has 0 spiro atoms. The molecule has 2 atom stereocenters. The standard InChI is InChI=1S/C28H24Cl2N4O2S/c1-17-5-8-19(9-6-17)32-25(35)13-15-34-27(26(33-28(34)37)22-4-2-3-14-31-22)24-12-11-23(36-24)18-7-10-20(29)21(30)16-18/h2-12,14,16,26-27H,13,15H2,1H3,(H,32,35)(H,33,37)/t26-,27+/m0/s1. The Balaban J connectivity index is 1.40. The van der Waals surface area contributed by atoms with Crippen molar-refractivity contribution < 1.29 is 9.21 Å². The fraction of sp³-hybridized carbons (Fsp3) is 0.179. The molecular formula is C28H24Cl2N4O2S. The van der Waals surface area contributed by atoms with Gasteiger partial charge in [0.1, 0.15) is 17.6 Å². The third-order valence-corrected chi connectivity index (χ3v) is 7.33. The zero-order valence-corrected chi connectivity index (χ0v) is 22.3. The maximum absolute atomic E-state index is 12.7. The number of hydrogen-bond donors (Lipinski definition) is 2.